The third-order valence-corrected chi connectivity index (χ3v) is 4.19. The molecule has 1 amide bonds. The molecule has 24 heavy (non-hydrogen) atoms. The maximum Gasteiger partial charge on any atom is 0.248 e. The maximum atomic E-state index is 13.4. The Kier molecular flexibility index (Phi) is 6.51. The fourth-order valence-corrected chi connectivity index (χ4v) is 2.61. The van der Waals surface area contributed by atoms with Crippen LogP contribution in [-0.4, -0.2) is 16.8 Å². The highest BCUT2D eigenvalue weighted by atomic mass is 32.2. The summed E-state index contributed by atoms with van der Waals surface area (Å²) in [7, 11) is 0. The zero-order chi connectivity index (χ0) is 17.5. The minimum Gasteiger partial charge on any atom is -0.331 e. The molecule has 126 valence electrons. The zero-order valence-electron chi connectivity index (χ0n) is 12.7. The van der Waals surface area contributed by atoms with Crippen LogP contribution in [0.3, 0.4) is 0 Å². The predicted molar refractivity (Wildman–Crippen MR) is 95.8 cm³/mol. The first-order valence-corrected chi connectivity index (χ1v) is 8.34. The number of thiocarbonyl (C=S) groups is 1. The molecule has 0 radical (unpaired) electrons. The van der Waals surface area contributed by atoms with Crippen LogP contribution in [0.25, 0.3) is 0 Å². The van der Waals surface area contributed by atoms with Crippen LogP contribution in [0, 0.1) is 18.6 Å². The highest BCUT2D eigenvalue weighted by molar-refractivity contribution is 8.00. The third-order valence-electron chi connectivity index (χ3n) is 2.94. The van der Waals surface area contributed by atoms with E-state index in [-0.39, 0.29) is 28.4 Å². The highest BCUT2D eigenvalue weighted by Crippen LogP contribution is 2.20. The van der Waals surface area contributed by atoms with Crippen LogP contribution in [0.15, 0.2) is 47.4 Å². The molecule has 3 N–H and O–H groups in total. The van der Waals surface area contributed by atoms with E-state index in [1.807, 2.05) is 0 Å². The summed E-state index contributed by atoms with van der Waals surface area (Å²) < 4.78 is 26.9. The number of halogens is 2. The molecule has 0 atom stereocenters. The zero-order valence-corrected chi connectivity index (χ0v) is 14.4. The molecule has 4 nitrogen and oxygen atoms in total. The molecule has 2 aromatic carbocycles. The van der Waals surface area contributed by atoms with E-state index in [2.05, 4.69) is 16.2 Å². The fourth-order valence-electron chi connectivity index (χ4n) is 1.70. The Morgan fingerprint density at radius 1 is 1.12 bits per heavy atom. The van der Waals surface area contributed by atoms with E-state index in [0.29, 0.717) is 16.1 Å². The summed E-state index contributed by atoms with van der Waals surface area (Å²) in [5.74, 6) is -1.08. The molecule has 0 fully saturated rings. The second-order valence-electron chi connectivity index (χ2n) is 4.81. The van der Waals surface area contributed by atoms with Crippen LogP contribution >= 0.6 is 24.0 Å². The number of rotatable bonds is 4. The normalized spacial score (nSPS) is 10.1. The molecule has 0 unspecified atom stereocenters. The van der Waals surface area contributed by atoms with Crippen molar-refractivity contribution in [2.45, 2.75) is 11.8 Å². The summed E-state index contributed by atoms with van der Waals surface area (Å²) in [6.45, 7) is 1.66. The lowest BCUT2D eigenvalue weighted by Crippen LogP contribution is -2.44. The van der Waals surface area contributed by atoms with Crippen molar-refractivity contribution in [3.05, 3.63) is 59.7 Å². The molecule has 2 rings (SSSR count). The molecule has 0 saturated carbocycles. The number of anilines is 1. The van der Waals surface area contributed by atoms with Gasteiger partial charge in [-0.05, 0) is 49.0 Å². The Morgan fingerprint density at radius 2 is 1.88 bits per heavy atom. The number of hydrogen-bond acceptors (Lipinski definition) is 3. The van der Waals surface area contributed by atoms with Crippen LogP contribution in [-0.2, 0) is 4.79 Å². The molecule has 0 saturated heterocycles. The van der Waals surface area contributed by atoms with E-state index in [1.165, 1.54) is 12.1 Å². The molecule has 2 aromatic rings. The van der Waals surface area contributed by atoms with E-state index >= 15 is 0 Å². The number of nitrogens with one attached hydrogen (secondary N) is 3. The molecule has 0 bridgehead atoms. The van der Waals surface area contributed by atoms with Crippen molar-refractivity contribution in [3.63, 3.8) is 0 Å². The number of hydrogen-bond donors (Lipinski definition) is 3. The predicted octanol–water partition coefficient (Wildman–Crippen LogP) is 3.38. The summed E-state index contributed by atoms with van der Waals surface area (Å²) in [5, 5.41) is 2.86. The SMILES string of the molecule is Cc1ccc(NC(=S)NNC(=O)CSc2ccccc2F)cc1F. The molecule has 0 heterocycles. The van der Waals surface area contributed by atoms with E-state index in [4.69, 9.17) is 12.2 Å². The largest absolute Gasteiger partial charge is 0.331 e. The number of carbonyl (C=O) groups is 1. The quantitative estimate of drug-likeness (QED) is 0.439. The number of thioether (sulfide) groups is 1. The number of amides is 1. The molecular formula is C16H15F2N3OS2. The Hall–Kier alpha value is -2.19. The number of benzene rings is 2. The van der Waals surface area contributed by atoms with Crippen LogP contribution in [0.4, 0.5) is 14.5 Å². The van der Waals surface area contributed by atoms with Gasteiger partial charge >= 0.3 is 0 Å². The fraction of sp³-hybridized carbons (Fsp3) is 0.125. The van der Waals surface area contributed by atoms with Crippen molar-refractivity contribution in [1.82, 2.24) is 10.9 Å². The van der Waals surface area contributed by atoms with Crippen molar-refractivity contribution in [2.24, 2.45) is 0 Å². The summed E-state index contributed by atoms with van der Waals surface area (Å²) >= 11 is 6.08. The van der Waals surface area contributed by atoms with E-state index in [1.54, 1.807) is 37.3 Å². The standard InChI is InChI=1S/C16H15F2N3OS2/c1-10-6-7-11(8-13(10)18)19-16(23)21-20-15(22)9-24-14-5-3-2-4-12(14)17/h2-8H,9H2,1H3,(H,20,22)(H2,19,21,23). The van der Waals surface area contributed by atoms with Gasteiger partial charge in [-0.3, -0.25) is 15.6 Å². The summed E-state index contributed by atoms with van der Waals surface area (Å²) in [6, 6.07) is 10.8. The number of aryl methyl sites for hydroxylation is 1. The summed E-state index contributed by atoms with van der Waals surface area (Å²) in [4.78, 5) is 12.1. The second kappa shape index (κ2) is 8.60. The Labute approximate surface area is 148 Å². The van der Waals surface area contributed by atoms with Crippen LogP contribution < -0.4 is 16.2 Å². The average molecular weight is 367 g/mol. The minimum atomic E-state index is -0.373. The third kappa shape index (κ3) is 5.47. The van der Waals surface area contributed by atoms with Gasteiger partial charge in [-0.2, -0.15) is 0 Å². The molecule has 0 aliphatic rings. The van der Waals surface area contributed by atoms with Gasteiger partial charge in [0.15, 0.2) is 5.11 Å². The maximum absolute atomic E-state index is 13.4. The van der Waals surface area contributed by atoms with Crippen molar-refractivity contribution in [3.8, 4) is 0 Å². The summed E-state index contributed by atoms with van der Waals surface area (Å²) in [6.07, 6.45) is 0. The molecular weight excluding hydrogens is 352 g/mol. The number of carbonyl (C=O) groups excluding carboxylic acids is 1. The van der Waals surface area contributed by atoms with Gasteiger partial charge < -0.3 is 5.32 Å². The van der Waals surface area contributed by atoms with Gasteiger partial charge in [0, 0.05) is 10.6 Å². The Bertz CT molecular complexity index is 756. The average Bonchev–Trinajstić information content (AvgIpc) is 2.55. The second-order valence-corrected chi connectivity index (χ2v) is 6.24. The molecule has 0 aliphatic carbocycles. The monoisotopic (exact) mass is 367 g/mol. The van der Waals surface area contributed by atoms with Gasteiger partial charge in [-0.25, -0.2) is 8.78 Å². The van der Waals surface area contributed by atoms with Crippen LogP contribution in [0.2, 0.25) is 0 Å². The lowest BCUT2D eigenvalue weighted by atomic mass is 10.2. The van der Waals surface area contributed by atoms with Crippen molar-refractivity contribution >= 4 is 40.7 Å². The molecule has 0 spiro atoms. The van der Waals surface area contributed by atoms with E-state index in [9.17, 15) is 13.6 Å². The van der Waals surface area contributed by atoms with E-state index in [0.717, 1.165) is 11.8 Å². The first kappa shape index (κ1) is 18.2. The van der Waals surface area contributed by atoms with Gasteiger partial charge in [-0.1, -0.05) is 18.2 Å². The molecule has 8 heteroatoms. The molecule has 0 aliphatic heterocycles. The number of hydrazine groups is 1. The van der Waals surface area contributed by atoms with Crippen molar-refractivity contribution in [2.75, 3.05) is 11.1 Å². The van der Waals surface area contributed by atoms with Gasteiger partial charge in [0.2, 0.25) is 5.91 Å². The van der Waals surface area contributed by atoms with Crippen LogP contribution in [0.5, 0.6) is 0 Å². The molecule has 0 aromatic heterocycles. The lowest BCUT2D eigenvalue weighted by molar-refractivity contribution is -0.119. The minimum absolute atomic E-state index is 0.0235. The lowest BCUT2D eigenvalue weighted by Gasteiger charge is -2.12. The topological polar surface area (TPSA) is 53.2 Å². The summed E-state index contributed by atoms with van der Waals surface area (Å²) in [5.41, 5.74) is 5.89. The van der Waals surface area contributed by atoms with Gasteiger partial charge in [0.25, 0.3) is 0 Å². The smallest absolute Gasteiger partial charge is 0.248 e. The Balaban J connectivity index is 1.76. The first-order chi connectivity index (χ1) is 11.5. The van der Waals surface area contributed by atoms with Gasteiger partial charge in [-0.15, -0.1) is 11.8 Å². The van der Waals surface area contributed by atoms with Gasteiger partial charge in [0.1, 0.15) is 11.6 Å². The van der Waals surface area contributed by atoms with Gasteiger partial charge in [0.05, 0.1) is 5.75 Å². The van der Waals surface area contributed by atoms with Crippen molar-refractivity contribution < 1.29 is 13.6 Å². The Morgan fingerprint density at radius 3 is 2.58 bits per heavy atom. The highest BCUT2D eigenvalue weighted by Gasteiger charge is 2.07. The first-order valence-electron chi connectivity index (χ1n) is 6.95. The van der Waals surface area contributed by atoms with E-state index < -0.39 is 0 Å². The van der Waals surface area contributed by atoms with Crippen LogP contribution in [0.1, 0.15) is 5.56 Å². The van der Waals surface area contributed by atoms with Crippen molar-refractivity contribution in [1.29, 1.82) is 0 Å².